The molecule has 0 saturated heterocycles. The summed E-state index contributed by atoms with van der Waals surface area (Å²) in [4.78, 5) is 73.9. The second-order valence-corrected chi connectivity index (χ2v) is 11.0. The van der Waals surface area contributed by atoms with E-state index in [1.165, 1.54) is 0 Å². The lowest BCUT2D eigenvalue weighted by molar-refractivity contribution is -0.147. The summed E-state index contributed by atoms with van der Waals surface area (Å²) in [6.07, 6.45) is 4.99. The highest BCUT2D eigenvalue weighted by Gasteiger charge is 2.30. The first-order chi connectivity index (χ1) is 21.8. The number of ether oxygens (including phenoxy) is 1. The molecule has 2 amide bonds. The lowest BCUT2D eigenvalue weighted by Gasteiger charge is -2.35. The summed E-state index contributed by atoms with van der Waals surface area (Å²) in [5, 5.41) is 38.2. The van der Waals surface area contributed by atoms with E-state index in [0.717, 1.165) is 41.9 Å². The highest BCUT2D eigenvalue weighted by Crippen LogP contribution is 2.25. The van der Waals surface area contributed by atoms with Crippen LogP contribution in [0.1, 0.15) is 57.8 Å². The van der Waals surface area contributed by atoms with Crippen molar-refractivity contribution in [2.45, 2.75) is 63.8 Å². The second-order valence-electron chi connectivity index (χ2n) is 11.0. The van der Waals surface area contributed by atoms with Crippen LogP contribution >= 0.6 is 0 Å². The predicted molar refractivity (Wildman–Crippen MR) is 164 cm³/mol. The number of imide groups is 1. The van der Waals surface area contributed by atoms with Gasteiger partial charge in [0.25, 0.3) is 5.91 Å². The molecule has 0 spiro atoms. The second kappa shape index (κ2) is 22.4. The molecule has 0 heterocycles. The van der Waals surface area contributed by atoms with Gasteiger partial charge in [0.05, 0.1) is 26.2 Å². The smallest absolute Gasteiger partial charge is 0.317 e. The molecule has 46 heavy (non-hydrogen) atoms. The van der Waals surface area contributed by atoms with Crippen molar-refractivity contribution >= 4 is 35.7 Å². The van der Waals surface area contributed by atoms with Gasteiger partial charge in [-0.2, -0.15) is 0 Å². The number of aliphatic carboxylic acids is 4. The third-order valence-electron chi connectivity index (χ3n) is 7.21. The maximum Gasteiger partial charge on any atom is 0.317 e. The lowest BCUT2D eigenvalue weighted by atomic mass is 9.88. The summed E-state index contributed by atoms with van der Waals surface area (Å²) in [7, 11) is 0. The Kier molecular flexibility index (Phi) is 19.4. The molecule has 1 aromatic rings. The average Bonchev–Trinajstić information content (AvgIpc) is 2.98. The van der Waals surface area contributed by atoms with E-state index in [1.807, 2.05) is 0 Å². The number of para-hydroxylation sites is 1. The fraction of sp³-hybridized carbons (Fsp3) is 0.600. The van der Waals surface area contributed by atoms with Crippen LogP contribution in [0, 0.1) is 5.92 Å². The van der Waals surface area contributed by atoms with Gasteiger partial charge in [-0.25, -0.2) is 10.9 Å². The first kappa shape index (κ1) is 39.9. The topological polar surface area (TPSA) is 254 Å². The van der Waals surface area contributed by atoms with Crippen molar-refractivity contribution < 1.29 is 53.9 Å². The number of carboxylic acids is 4. The summed E-state index contributed by atoms with van der Waals surface area (Å²) in [5.41, 5.74) is 5.56. The minimum Gasteiger partial charge on any atom is -0.484 e. The number of nitrogens with zero attached hydrogens (tertiary/aromatic N) is 3. The molecule has 16 nitrogen and oxygen atoms in total. The van der Waals surface area contributed by atoms with E-state index in [9.17, 15) is 49.2 Å². The van der Waals surface area contributed by atoms with Gasteiger partial charge in [0.2, 0.25) is 5.91 Å². The number of hydrazine groups is 1. The number of carbonyl (C=O) groups is 6. The van der Waals surface area contributed by atoms with Crippen molar-refractivity contribution in [1.29, 1.82) is 0 Å². The Bertz CT molecular complexity index is 1090. The van der Waals surface area contributed by atoms with Gasteiger partial charge >= 0.3 is 23.9 Å². The number of carboxylic acid groups (broad SMARTS) is 4. The van der Waals surface area contributed by atoms with E-state index in [-0.39, 0.29) is 31.7 Å². The standard InChI is InChI=1S/C30H47N5O11/c31-14-8-3-1-2-5-9-22(12-13-25(36)35(32)26(37)21-46-24-10-6-4-7-11-24)15-23(34(19-29(42)43)20-30(44)45)16-33(17-27(38)39)18-28(40)41/h4,6-7,10-11,22-23H,1-3,5,8-9,12-21,31-32H2,(H,38,39)(H,40,41)(H,42,43)(H,44,45). The quantitative estimate of drug-likeness (QED) is 0.0348. The zero-order chi connectivity index (χ0) is 34.5. The first-order valence-corrected chi connectivity index (χ1v) is 15.1. The molecule has 0 radical (unpaired) electrons. The minimum absolute atomic E-state index is 0.127. The van der Waals surface area contributed by atoms with Gasteiger partial charge in [-0.05, 0) is 43.9 Å². The van der Waals surface area contributed by atoms with E-state index < -0.39 is 74.5 Å². The van der Waals surface area contributed by atoms with Gasteiger partial charge in [-0.3, -0.25) is 38.6 Å². The molecule has 1 aromatic carbocycles. The largest absolute Gasteiger partial charge is 0.484 e. The molecule has 0 saturated carbocycles. The van der Waals surface area contributed by atoms with Gasteiger partial charge in [-0.1, -0.05) is 50.3 Å². The molecular formula is C30H47N5O11. The summed E-state index contributed by atoms with van der Waals surface area (Å²) in [6, 6.07) is 7.59. The highest BCUT2D eigenvalue weighted by atomic mass is 16.5. The summed E-state index contributed by atoms with van der Waals surface area (Å²) >= 11 is 0. The molecule has 0 fully saturated rings. The van der Waals surface area contributed by atoms with Crippen LogP contribution in [0.4, 0.5) is 0 Å². The van der Waals surface area contributed by atoms with Gasteiger partial charge < -0.3 is 30.9 Å². The maximum absolute atomic E-state index is 12.9. The molecule has 2 unspecified atom stereocenters. The summed E-state index contributed by atoms with van der Waals surface area (Å²) < 4.78 is 5.37. The summed E-state index contributed by atoms with van der Waals surface area (Å²) in [5.74, 6) is -0.833. The number of hydrogen-bond acceptors (Lipinski definition) is 11. The number of carbonyl (C=O) groups excluding carboxylic acids is 2. The van der Waals surface area contributed by atoms with E-state index in [0.29, 0.717) is 23.7 Å². The predicted octanol–water partition coefficient (Wildman–Crippen LogP) is 0.691. The van der Waals surface area contributed by atoms with E-state index >= 15 is 0 Å². The van der Waals surface area contributed by atoms with E-state index in [2.05, 4.69) is 0 Å². The van der Waals surface area contributed by atoms with Crippen LogP contribution in [0.25, 0.3) is 0 Å². The Morgan fingerprint density at radius 2 is 1.26 bits per heavy atom. The summed E-state index contributed by atoms with van der Waals surface area (Å²) in [6.45, 7) is -2.87. The minimum atomic E-state index is -1.32. The Hall–Kier alpha value is -4.12. The molecule has 0 aliphatic heterocycles. The van der Waals surface area contributed by atoms with Crippen LogP contribution in [0.2, 0.25) is 0 Å². The first-order valence-electron chi connectivity index (χ1n) is 15.1. The maximum atomic E-state index is 12.9. The van der Waals surface area contributed by atoms with Crippen LogP contribution in [-0.4, -0.2) is 123 Å². The van der Waals surface area contributed by atoms with E-state index in [1.54, 1.807) is 30.3 Å². The third-order valence-corrected chi connectivity index (χ3v) is 7.21. The van der Waals surface area contributed by atoms with Crippen molar-refractivity contribution in [3.63, 3.8) is 0 Å². The molecule has 0 bridgehead atoms. The number of rotatable bonds is 26. The van der Waals surface area contributed by atoms with E-state index in [4.69, 9.17) is 16.3 Å². The molecule has 8 N–H and O–H groups in total. The molecular weight excluding hydrogens is 606 g/mol. The molecule has 0 aromatic heterocycles. The molecule has 2 atom stereocenters. The van der Waals surface area contributed by atoms with Gasteiger partial charge in [0.1, 0.15) is 5.75 Å². The van der Waals surface area contributed by atoms with Crippen LogP contribution < -0.4 is 16.3 Å². The zero-order valence-electron chi connectivity index (χ0n) is 26.0. The van der Waals surface area contributed by atoms with Crippen LogP contribution in [0.3, 0.4) is 0 Å². The monoisotopic (exact) mass is 653 g/mol. The van der Waals surface area contributed by atoms with Gasteiger partial charge in [-0.15, -0.1) is 0 Å². The fourth-order valence-electron chi connectivity index (χ4n) is 5.06. The third kappa shape index (κ3) is 18.0. The number of unbranched alkanes of at least 4 members (excludes halogenated alkanes) is 4. The fourth-order valence-corrected chi connectivity index (χ4v) is 5.06. The molecule has 258 valence electrons. The van der Waals surface area contributed by atoms with Gasteiger partial charge in [0, 0.05) is 19.0 Å². The van der Waals surface area contributed by atoms with Crippen LogP contribution in [-0.2, 0) is 28.8 Å². The number of nitrogens with two attached hydrogens (primary N) is 2. The number of hydrogen-bond donors (Lipinski definition) is 6. The normalized spacial score (nSPS) is 12.4. The SMILES string of the molecule is NCCCCCCCC(CCC(=O)N(N)C(=O)COc1ccccc1)CC(CN(CC(=O)O)CC(=O)O)N(CC(=O)O)CC(=O)O. The van der Waals surface area contributed by atoms with Gasteiger partial charge in [0.15, 0.2) is 6.61 Å². The number of benzene rings is 1. The Labute approximate surface area is 267 Å². The van der Waals surface area contributed by atoms with Crippen LogP contribution in [0.15, 0.2) is 30.3 Å². The van der Waals surface area contributed by atoms with Crippen molar-refractivity contribution in [3.8, 4) is 5.75 Å². The van der Waals surface area contributed by atoms with Crippen molar-refractivity contribution in [3.05, 3.63) is 30.3 Å². The molecule has 0 aliphatic rings. The van der Waals surface area contributed by atoms with Crippen molar-refractivity contribution in [1.82, 2.24) is 14.8 Å². The molecule has 0 aliphatic carbocycles. The Balaban J connectivity index is 3.14. The average molecular weight is 654 g/mol. The van der Waals surface area contributed by atoms with Crippen molar-refractivity contribution in [2.75, 3.05) is 45.9 Å². The highest BCUT2D eigenvalue weighted by molar-refractivity contribution is 5.95. The lowest BCUT2D eigenvalue weighted by Crippen LogP contribution is -2.50. The van der Waals surface area contributed by atoms with Crippen LogP contribution in [0.5, 0.6) is 5.75 Å². The Morgan fingerprint density at radius 1 is 0.717 bits per heavy atom. The molecule has 16 heteroatoms. The number of amides is 2. The Morgan fingerprint density at radius 3 is 1.80 bits per heavy atom. The zero-order valence-corrected chi connectivity index (χ0v) is 26.0. The molecule has 1 rings (SSSR count). The van der Waals surface area contributed by atoms with Crippen molar-refractivity contribution in [2.24, 2.45) is 17.5 Å².